The van der Waals surface area contributed by atoms with Crippen LogP contribution in [0.15, 0.2) is 16.6 Å². The molecule has 1 rings (SSSR count). The molecule has 2 N–H and O–H groups in total. The minimum absolute atomic E-state index is 0.656. The maximum Gasteiger partial charge on any atom is 0.0430 e. The molecule has 0 radical (unpaired) electrons. The van der Waals surface area contributed by atoms with Crippen molar-refractivity contribution in [1.29, 1.82) is 0 Å². The van der Waals surface area contributed by atoms with Gasteiger partial charge in [-0.25, -0.2) is 0 Å². The van der Waals surface area contributed by atoms with E-state index < -0.39 is 0 Å². The highest BCUT2D eigenvalue weighted by Crippen LogP contribution is 2.12. The Morgan fingerprint density at radius 2 is 2.27 bits per heavy atom. The second-order valence-corrected chi connectivity index (χ2v) is 3.37. The maximum absolute atomic E-state index is 5.41. The summed E-state index contributed by atoms with van der Waals surface area (Å²) >= 11 is 3.40. The summed E-state index contributed by atoms with van der Waals surface area (Å²) in [4.78, 5) is 4.31. The fraction of sp³-hybridized carbons (Fsp3) is 0.375. The number of aryl methyl sites for hydroxylation is 1. The third-order valence-corrected chi connectivity index (χ3v) is 1.83. The van der Waals surface area contributed by atoms with E-state index in [1.165, 1.54) is 0 Å². The lowest BCUT2D eigenvalue weighted by Crippen LogP contribution is -2.04. The number of aromatic nitrogens is 1. The van der Waals surface area contributed by atoms with Gasteiger partial charge in [0.15, 0.2) is 0 Å². The second-order valence-electron chi connectivity index (χ2n) is 2.46. The second kappa shape index (κ2) is 3.83. The number of nitrogens with zero attached hydrogens (tertiary/aromatic N) is 1. The number of nitrogens with two attached hydrogens (primary N) is 1. The summed E-state index contributed by atoms with van der Waals surface area (Å²) in [5, 5.41) is 0. The third kappa shape index (κ3) is 2.60. The van der Waals surface area contributed by atoms with Crippen molar-refractivity contribution >= 4 is 15.9 Å². The molecule has 60 valence electrons. The molecule has 0 atom stereocenters. The van der Waals surface area contributed by atoms with Crippen LogP contribution in [0.2, 0.25) is 0 Å². The molecule has 0 unspecified atom stereocenters. The Morgan fingerprint density at radius 3 is 2.82 bits per heavy atom. The first kappa shape index (κ1) is 8.68. The molecule has 0 spiro atoms. The number of hydrogen-bond acceptors (Lipinski definition) is 2. The summed E-state index contributed by atoms with van der Waals surface area (Å²) in [6, 6.07) is 3.99. The Bertz CT molecular complexity index is 228. The molecule has 0 aliphatic heterocycles. The molecule has 0 bridgehead atoms. The van der Waals surface area contributed by atoms with Crippen molar-refractivity contribution in [3.8, 4) is 0 Å². The normalized spacial score (nSPS) is 10.1. The van der Waals surface area contributed by atoms with E-state index in [0.717, 1.165) is 22.3 Å². The van der Waals surface area contributed by atoms with Crippen LogP contribution in [0, 0.1) is 6.92 Å². The lowest BCUT2D eigenvalue weighted by Gasteiger charge is -2.00. The van der Waals surface area contributed by atoms with Gasteiger partial charge in [-0.05, 0) is 25.6 Å². The topological polar surface area (TPSA) is 38.9 Å². The van der Waals surface area contributed by atoms with Gasteiger partial charge in [0.25, 0.3) is 0 Å². The fourth-order valence-corrected chi connectivity index (χ4v) is 1.56. The Kier molecular flexibility index (Phi) is 3.02. The molecule has 0 aliphatic carbocycles. The van der Waals surface area contributed by atoms with Crippen molar-refractivity contribution in [3.05, 3.63) is 28.0 Å². The van der Waals surface area contributed by atoms with E-state index in [-0.39, 0.29) is 0 Å². The van der Waals surface area contributed by atoms with Crippen molar-refractivity contribution in [2.45, 2.75) is 13.3 Å². The van der Waals surface area contributed by atoms with Gasteiger partial charge in [-0.3, -0.25) is 4.98 Å². The van der Waals surface area contributed by atoms with Gasteiger partial charge >= 0.3 is 0 Å². The molecule has 1 aromatic heterocycles. The first-order valence-corrected chi connectivity index (χ1v) is 4.35. The zero-order valence-electron chi connectivity index (χ0n) is 6.47. The SMILES string of the molecule is Cc1cc(Br)cc(CCN)n1. The predicted octanol–water partition coefficient (Wildman–Crippen LogP) is 1.65. The smallest absolute Gasteiger partial charge is 0.0430 e. The van der Waals surface area contributed by atoms with E-state index in [1.54, 1.807) is 0 Å². The predicted molar refractivity (Wildman–Crippen MR) is 49.4 cm³/mol. The Hall–Kier alpha value is -0.410. The van der Waals surface area contributed by atoms with Crippen LogP contribution < -0.4 is 5.73 Å². The van der Waals surface area contributed by atoms with E-state index in [1.807, 2.05) is 19.1 Å². The van der Waals surface area contributed by atoms with Gasteiger partial charge in [0.2, 0.25) is 0 Å². The highest BCUT2D eigenvalue weighted by Gasteiger charge is 1.96. The summed E-state index contributed by atoms with van der Waals surface area (Å²) in [5.74, 6) is 0. The molecule has 0 saturated heterocycles. The number of rotatable bonds is 2. The Morgan fingerprint density at radius 1 is 1.55 bits per heavy atom. The Labute approximate surface area is 75.0 Å². The van der Waals surface area contributed by atoms with Gasteiger partial charge in [0.1, 0.15) is 0 Å². The molecule has 11 heavy (non-hydrogen) atoms. The quantitative estimate of drug-likeness (QED) is 0.814. The van der Waals surface area contributed by atoms with E-state index in [2.05, 4.69) is 20.9 Å². The molecule has 0 fully saturated rings. The molecule has 3 heteroatoms. The molecule has 2 nitrogen and oxygen atoms in total. The van der Waals surface area contributed by atoms with E-state index >= 15 is 0 Å². The molecule has 0 amide bonds. The van der Waals surface area contributed by atoms with Crippen LogP contribution in [-0.4, -0.2) is 11.5 Å². The molecule has 0 saturated carbocycles. The number of hydrogen-bond donors (Lipinski definition) is 1. The summed E-state index contributed by atoms with van der Waals surface area (Å²) in [5.41, 5.74) is 7.49. The van der Waals surface area contributed by atoms with Gasteiger partial charge in [-0.15, -0.1) is 0 Å². The standard InChI is InChI=1S/C8H11BrN2/c1-6-4-7(9)5-8(11-6)2-3-10/h4-5H,2-3,10H2,1H3. The average molecular weight is 215 g/mol. The van der Waals surface area contributed by atoms with Crippen LogP contribution in [0.1, 0.15) is 11.4 Å². The van der Waals surface area contributed by atoms with Gasteiger partial charge in [-0.2, -0.15) is 0 Å². The third-order valence-electron chi connectivity index (χ3n) is 1.37. The highest BCUT2D eigenvalue weighted by molar-refractivity contribution is 9.10. The summed E-state index contributed by atoms with van der Waals surface area (Å²) in [6.45, 7) is 2.63. The van der Waals surface area contributed by atoms with Crippen molar-refractivity contribution < 1.29 is 0 Å². The maximum atomic E-state index is 5.41. The van der Waals surface area contributed by atoms with Crippen LogP contribution in [0.4, 0.5) is 0 Å². The van der Waals surface area contributed by atoms with Crippen LogP contribution in [0.25, 0.3) is 0 Å². The molecule has 0 aliphatic rings. The van der Waals surface area contributed by atoms with E-state index in [0.29, 0.717) is 6.54 Å². The highest BCUT2D eigenvalue weighted by atomic mass is 79.9. The first-order chi connectivity index (χ1) is 5.22. The minimum Gasteiger partial charge on any atom is -0.330 e. The zero-order valence-corrected chi connectivity index (χ0v) is 8.06. The number of pyridine rings is 1. The van der Waals surface area contributed by atoms with Crippen LogP contribution in [-0.2, 0) is 6.42 Å². The van der Waals surface area contributed by atoms with Crippen molar-refractivity contribution in [2.75, 3.05) is 6.54 Å². The lowest BCUT2D eigenvalue weighted by atomic mass is 10.2. The van der Waals surface area contributed by atoms with Gasteiger partial charge < -0.3 is 5.73 Å². The van der Waals surface area contributed by atoms with Crippen molar-refractivity contribution in [1.82, 2.24) is 4.98 Å². The average Bonchev–Trinajstić information content (AvgIpc) is 1.85. The van der Waals surface area contributed by atoms with Gasteiger partial charge in [0, 0.05) is 22.3 Å². The number of halogens is 1. The fourth-order valence-electron chi connectivity index (χ4n) is 0.967. The van der Waals surface area contributed by atoms with Crippen LogP contribution >= 0.6 is 15.9 Å². The summed E-state index contributed by atoms with van der Waals surface area (Å²) < 4.78 is 1.08. The molecular weight excluding hydrogens is 204 g/mol. The van der Waals surface area contributed by atoms with Crippen LogP contribution in [0.5, 0.6) is 0 Å². The molecule has 0 aromatic carbocycles. The van der Waals surface area contributed by atoms with Crippen molar-refractivity contribution in [2.24, 2.45) is 5.73 Å². The summed E-state index contributed by atoms with van der Waals surface area (Å²) in [6.07, 6.45) is 0.848. The van der Waals surface area contributed by atoms with Gasteiger partial charge in [0.05, 0.1) is 0 Å². The molecule has 1 aromatic rings. The summed E-state index contributed by atoms with van der Waals surface area (Å²) in [7, 11) is 0. The largest absolute Gasteiger partial charge is 0.330 e. The van der Waals surface area contributed by atoms with Gasteiger partial charge in [-0.1, -0.05) is 15.9 Å². The monoisotopic (exact) mass is 214 g/mol. The Balaban J connectivity index is 2.89. The van der Waals surface area contributed by atoms with E-state index in [9.17, 15) is 0 Å². The minimum atomic E-state index is 0.656. The van der Waals surface area contributed by atoms with E-state index in [4.69, 9.17) is 5.73 Å². The molecule has 1 heterocycles. The molecular formula is C8H11BrN2. The first-order valence-electron chi connectivity index (χ1n) is 3.55. The van der Waals surface area contributed by atoms with Crippen molar-refractivity contribution in [3.63, 3.8) is 0 Å². The zero-order chi connectivity index (χ0) is 8.27. The van der Waals surface area contributed by atoms with Crippen LogP contribution in [0.3, 0.4) is 0 Å². The lowest BCUT2D eigenvalue weighted by molar-refractivity contribution is 0.910.